The number of ether oxygens (including phenoxy) is 1. The Hall–Kier alpha value is -3.39. The molecule has 1 amide bonds. The Morgan fingerprint density at radius 2 is 1.97 bits per heavy atom. The molecular formula is C23H22F2N4O2. The lowest BCUT2D eigenvalue weighted by Crippen LogP contribution is -2.42. The number of hydrogen-bond acceptors (Lipinski definition) is 5. The van der Waals surface area contributed by atoms with Gasteiger partial charge in [-0.1, -0.05) is 12.1 Å². The molecule has 1 aliphatic heterocycles. The minimum Gasteiger partial charge on any atom is -0.373 e. The van der Waals surface area contributed by atoms with Crippen molar-refractivity contribution in [3.8, 4) is 0 Å². The third kappa shape index (κ3) is 4.69. The molecule has 1 atom stereocenters. The highest BCUT2D eigenvalue weighted by Gasteiger charge is 2.27. The van der Waals surface area contributed by atoms with Gasteiger partial charge in [0, 0.05) is 43.0 Å². The number of anilines is 1. The van der Waals surface area contributed by atoms with Gasteiger partial charge in [0.1, 0.15) is 23.6 Å². The molecule has 4 rings (SSSR count). The van der Waals surface area contributed by atoms with Crippen molar-refractivity contribution >= 4 is 11.7 Å². The number of aromatic nitrogens is 2. The number of halogens is 2. The van der Waals surface area contributed by atoms with Gasteiger partial charge in [-0.3, -0.25) is 9.78 Å². The molecule has 2 aromatic heterocycles. The number of rotatable bonds is 5. The van der Waals surface area contributed by atoms with E-state index in [0.717, 1.165) is 0 Å². The minimum absolute atomic E-state index is 0.0217. The Morgan fingerprint density at radius 3 is 2.74 bits per heavy atom. The summed E-state index contributed by atoms with van der Waals surface area (Å²) in [6.07, 6.45) is 1.20. The second kappa shape index (κ2) is 9.18. The molecule has 1 N–H and O–H groups in total. The number of nitrogens with one attached hydrogen (secondary N) is 1. The summed E-state index contributed by atoms with van der Waals surface area (Å²) in [4.78, 5) is 23.3. The van der Waals surface area contributed by atoms with Gasteiger partial charge in [-0.05, 0) is 36.4 Å². The minimum atomic E-state index is -0.601. The quantitative estimate of drug-likeness (QED) is 0.678. The Bertz CT molecular complexity index is 1070. The molecule has 0 radical (unpaired) electrons. The molecule has 31 heavy (non-hydrogen) atoms. The highest BCUT2D eigenvalue weighted by molar-refractivity contribution is 5.94. The van der Waals surface area contributed by atoms with Gasteiger partial charge >= 0.3 is 0 Å². The van der Waals surface area contributed by atoms with Crippen LogP contribution in [0.2, 0.25) is 0 Å². The van der Waals surface area contributed by atoms with Gasteiger partial charge in [-0.2, -0.15) is 0 Å². The van der Waals surface area contributed by atoms with Crippen molar-refractivity contribution in [2.45, 2.75) is 12.5 Å². The molecule has 0 bridgehead atoms. The van der Waals surface area contributed by atoms with Crippen LogP contribution in [0.25, 0.3) is 0 Å². The van der Waals surface area contributed by atoms with Crippen molar-refractivity contribution < 1.29 is 18.3 Å². The maximum absolute atomic E-state index is 14.0. The number of hydrogen-bond donors (Lipinski definition) is 1. The molecule has 160 valence electrons. The fraction of sp³-hybridized carbons (Fsp3) is 0.261. The number of benzene rings is 1. The van der Waals surface area contributed by atoms with Crippen LogP contribution in [0, 0.1) is 11.6 Å². The summed E-state index contributed by atoms with van der Waals surface area (Å²) in [5.74, 6) is -0.699. The summed E-state index contributed by atoms with van der Waals surface area (Å²) in [5, 5.41) is 2.92. The van der Waals surface area contributed by atoms with Gasteiger partial charge in [-0.15, -0.1) is 0 Å². The number of carbonyl (C=O) groups excluding carboxylic acids is 1. The third-order valence-corrected chi connectivity index (χ3v) is 5.19. The summed E-state index contributed by atoms with van der Waals surface area (Å²) in [7, 11) is 1.74. The van der Waals surface area contributed by atoms with E-state index in [0.29, 0.717) is 42.5 Å². The van der Waals surface area contributed by atoms with Gasteiger partial charge in [0.25, 0.3) is 5.91 Å². The molecule has 0 aliphatic carbocycles. The topological polar surface area (TPSA) is 67.4 Å². The van der Waals surface area contributed by atoms with E-state index < -0.39 is 17.7 Å². The number of morpholine rings is 1. The third-order valence-electron chi connectivity index (χ3n) is 5.19. The predicted octanol–water partition coefficient (Wildman–Crippen LogP) is 3.60. The van der Waals surface area contributed by atoms with Crippen LogP contribution < -0.4 is 5.32 Å². The fourth-order valence-electron chi connectivity index (χ4n) is 3.55. The van der Waals surface area contributed by atoms with E-state index in [1.807, 2.05) is 0 Å². The summed E-state index contributed by atoms with van der Waals surface area (Å²) in [6, 6.07) is 12.5. The monoisotopic (exact) mass is 424 g/mol. The molecular weight excluding hydrogens is 402 g/mol. The van der Waals surface area contributed by atoms with Crippen LogP contribution in [0.15, 0.2) is 54.7 Å². The number of amides is 1. The van der Waals surface area contributed by atoms with Crippen LogP contribution >= 0.6 is 0 Å². The van der Waals surface area contributed by atoms with Gasteiger partial charge in [0.15, 0.2) is 0 Å². The summed E-state index contributed by atoms with van der Waals surface area (Å²) in [5.41, 5.74) is 1.67. The molecule has 1 aromatic carbocycles. The summed E-state index contributed by atoms with van der Waals surface area (Å²) >= 11 is 0. The van der Waals surface area contributed by atoms with Crippen molar-refractivity contribution in [2.24, 2.45) is 0 Å². The maximum atomic E-state index is 14.0. The van der Waals surface area contributed by atoms with Crippen molar-refractivity contribution in [3.05, 3.63) is 88.9 Å². The van der Waals surface area contributed by atoms with Crippen LogP contribution in [-0.4, -0.2) is 47.5 Å². The molecule has 8 heteroatoms. The molecule has 6 nitrogen and oxygen atoms in total. The number of carbonyl (C=O) groups is 1. The first kappa shape index (κ1) is 20.9. The van der Waals surface area contributed by atoms with E-state index in [-0.39, 0.29) is 17.9 Å². The molecule has 1 fully saturated rings. The van der Waals surface area contributed by atoms with Crippen LogP contribution in [0.3, 0.4) is 0 Å². The van der Waals surface area contributed by atoms with Crippen molar-refractivity contribution in [1.29, 1.82) is 0 Å². The average molecular weight is 424 g/mol. The molecule has 1 saturated heterocycles. The highest BCUT2D eigenvalue weighted by atomic mass is 19.1. The largest absolute Gasteiger partial charge is 0.373 e. The van der Waals surface area contributed by atoms with Gasteiger partial charge in [0.05, 0.1) is 18.8 Å². The first-order chi connectivity index (χ1) is 15.0. The zero-order valence-electron chi connectivity index (χ0n) is 17.0. The van der Waals surface area contributed by atoms with Crippen LogP contribution in [-0.2, 0) is 11.2 Å². The van der Waals surface area contributed by atoms with Gasteiger partial charge < -0.3 is 15.0 Å². The van der Waals surface area contributed by atoms with E-state index in [4.69, 9.17) is 4.74 Å². The van der Waals surface area contributed by atoms with Crippen molar-refractivity contribution in [1.82, 2.24) is 14.9 Å². The Balaban J connectivity index is 1.51. The molecule has 1 unspecified atom stereocenters. The summed E-state index contributed by atoms with van der Waals surface area (Å²) in [6.45, 7) is 1.17. The molecule has 3 aromatic rings. The second-order valence-corrected chi connectivity index (χ2v) is 7.22. The lowest BCUT2D eigenvalue weighted by molar-refractivity contribution is -0.0247. The van der Waals surface area contributed by atoms with E-state index in [9.17, 15) is 13.6 Å². The Morgan fingerprint density at radius 1 is 1.19 bits per heavy atom. The van der Waals surface area contributed by atoms with E-state index in [1.165, 1.54) is 18.2 Å². The van der Waals surface area contributed by atoms with E-state index in [1.54, 1.807) is 48.5 Å². The standard InChI is InChI=1S/C23H22F2N4O2/c1-26-22-12-15(8-9-27-22)23(30)29-10-11-31-21(14-29)20-7-2-4-16(28-20)13-17-18(24)5-3-6-19(17)25/h2-9,12,21H,10-11,13-14H2,1H3,(H,26,27). The van der Waals surface area contributed by atoms with Gasteiger partial charge in [-0.25, -0.2) is 13.8 Å². The predicted molar refractivity (Wildman–Crippen MR) is 112 cm³/mol. The Labute approximate surface area is 178 Å². The summed E-state index contributed by atoms with van der Waals surface area (Å²) < 4.78 is 33.9. The molecule has 0 spiro atoms. The first-order valence-corrected chi connectivity index (χ1v) is 9.98. The SMILES string of the molecule is CNc1cc(C(=O)N2CCOC(c3cccc(Cc4c(F)cccc4F)n3)C2)ccn1. The normalized spacial score (nSPS) is 16.2. The zero-order chi connectivity index (χ0) is 21.8. The number of nitrogens with zero attached hydrogens (tertiary/aromatic N) is 3. The second-order valence-electron chi connectivity index (χ2n) is 7.22. The average Bonchev–Trinajstić information content (AvgIpc) is 2.81. The highest BCUT2D eigenvalue weighted by Crippen LogP contribution is 2.24. The van der Waals surface area contributed by atoms with Crippen molar-refractivity contribution in [2.75, 3.05) is 32.1 Å². The Kier molecular flexibility index (Phi) is 6.18. The van der Waals surface area contributed by atoms with Gasteiger partial charge in [0.2, 0.25) is 0 Å². The van der Waals surface area contributed by atoms with Crippen LogP contribution in [0.5, 0.6) is 0 Å². The number of pyridine rings is 2. The lowest BCUT2D eigenvalue weighted by Gasteiger charge is -2.33. The lowest BCUT2D eigenvalue weighted by atomic mass is 10.1. The van der Waals surface area contributed by atoms with Crippen molar-refractivity contribution in [3.63, 3.8) is 0 Å². The fourth-order valence-corrected chi connectivity index (χ4v) is 3.55. The molecule has 1 aliphatic rings. The van der Waals surface area contributed by atoms with E-state index in [2.05, 4.69) is 15.3 Å². The molecule has 3 heterocycles. The van der Waals surface area contributed by atoms with Crippen LogP contribution in [0.1, 0.15) is 33.4 Å². The smallest absolute Gasteiger partial charge is 0.254 e. The maximum Gasteiger partial charge on any atom is 0.254 e. The first-order valence-electron chi connectivity index (χ1n) is 9.98. The van der Waals surface area contributed by atoms with Crippen LogP contribution in [0.4, 0.5) is 14.6 Å². The zero-order valence-corrected chi connectivity index (χ0v) is 17.0. The molecule has 0 saturated carbocycles. The van der Waals surface area contributed by atoms with E-state index >= 15 is 0 Å².